The van der Waals surface area contributed by atoms with E-state index in [1.165, 1.54) is 0 Å². The van der Waals surface area contributed by atoms with Gasteiger partial charge in [-0.15, -0.1) is 0 Å². The average Bonchev–Trinajstić information content (AvgIpc) is 2.38. The highest BCUT2D eigenvalue weighted by Crippen LogP contribution is 2.28. The summed E-state index contributed by atoms with van der Waals surface area (Å²) in [5, 5.41) is 11.9. The maximum Gasteiger partial charge on any atom is 0.222 e. The topological polar surface area (TPSA) is 96.8 Å². The molecule has 0 spiro atoms. The van der Waals surface area contributed by atoms with E-state index in [0.29, 0.717) is 22.8 Å². The second kappa shape index (κ2) is 5.23. The molecule has 0 saturated heterocycles. The molecule has 0 aliphatic rings. The number of hydrogen-bond acceptors (Lipinski definition) is 6. The third-order valence-electron chi connectivity index (χ3n) is 2.46. The van der Waals surface area contributed by atoms with Gasteiger partial charge in [-0.25, -0.2) is 4.98 Å². The number of aryl methyl sites for hydroxylation is 1. The molecule has 1 aromatic heterocycles. The Bertz CT molecular complexity index is 628. The summed E-state index contributed by atoms with van der Waals surface area (Å²) in [6, 6.07) is 8.93. The molecule has 0 aliphatic heterocycles. The van der Waals surface area contributed by atoms with Gasteiger partial charge in [-0.05, 0) is 19.1 Å². The average molecular weight is 255 g/mol. The molecular formula is C13H13N5O. The first kappa shape index (κ1) is 12.6. The number of nitrogens with zero attached hydrogens (tertiary/aromatic N) is 3. The second-order valence-corrected chi connectivity index (χ2v) is 3.90. The summed E-state index contributed by atoms with van der Waals surface area (Å²) in [4.78, 5) is 8.08. The molecule has 0 amide bonds. The predicted octanol–water partition coefficient (Wildman–Crippen LogP) is 1.99. The fraction of sp³-hybridized carbons (Fsp3) is 0.154. The van der Waals surface area contributed by atoms with Crippen molar-refractivity contribution in [2.45, 2.75) is 6.92 Å². The largest absolute Gasteiger partial charge is 0.495 e. The van der Waals surface area contributed by atoms with Gasteiger partial charge >= 0.3 is 0 Å². The van der Waals surface area contributed by atoms with Gasteiger partial charge in [-0.2, -0.15) is 10.2 Å². The van der Waals surface area contributed by atoms with Gasteiger partial charge in [0.1, 0.15) is 11.6 Å². The maximum atomic E-state index is 8.85. The van der Waals surface area contributed by atoms with Crippen molar-refractivity contribution in [3.05, 3.63) is 35.5 Å². The van der Waals surface area contributed by atoms with Crippen LogP contribution in [0.25, 0.3) is 0 Å². The van der Waals surface area contributed by atoms with Crippen LogP contribution in [0.15, 0.2) is 24.3 Å². The van der Waals surface area contributed by atoms with Crippen molar-refractivity contribution in [1.29, 1.82) is 5.26 Å². The normalized spacial score (nSPS) is 9.74. The van der Waals surface area contributed by atoms with Crippen LogP contribution in [0.3, 0.4) is 0 Å². The molecule has 19 heavy (non-hydrogen) atoms. The first-order valence-electron chi connectivity index (χ1n) is 5.58. The van der Waals surface area contributed by atoms with Gasteiger partial charge in [-0.3, -0.25) is 0 Å². The van der Waals surface area contributed by atoms with Crippen LogP contribution in [0.1, 0.15) is 11.3 Å². The fourth-order valence-electron chi connectivity index (χ4n) is 1.66. The number of aromatic nitrogens is 2. The van der Waals surface area contributed by atoms with Gasteiger partial charge in [0.25, 0.3) is 0 Å². The van der Waals surface area contributed by atoms with Gasteiger partial charge in [0.05, 0.1) is 24.4 Å². The molecule has 3 N–H and O–H groups in total. The zero-order chi connectivity index (χ0) is 13.8. The SMILES string of the molecule is COc1cc(C#N)ccc1Nc1cc(C)nc(N)n1. The lowest BCUT2D eigenvalue weighted by Crippen LogP contribution is -2.02. The van der Waals surface area contributed by atoms with Crippen molar-refractivity contribution in [2.24, 2.45) is 0 Å². The van der Waals surface area contributed by atoms with Crippen LogP contribution in [-0.2, 0) is 0 Å². The van der Waals surface area contributed by atoms with E-state index in [2.05, 4.69) is 21.4 Å². The molecule has 0 bridgehead atoms. The van der Waals surface area contributed by atoms with Crippen molar-refractivity contribution >= 4 is 17.5 Å². The maximum absolute atomic E-state index is 8.85. The molecule has 96 valence electrons. The van der Waals surface area contributed by atoms with Crippen LogP contribution >= 0.6 is 0 Å². The number of nitrogen functional groups attached to an aromatic ring is 1. The first-order valence-corrected chi connectivity index (χ1v) is 5.58. The quantitative estimate of drug-likeness (QED) is 0.870. The van der Waals surface area contributed by atoms with E-state index in [1.807, 2.05) is 6.92 Å². The number of methoxy groups -OCH3 is 1. The molecule has 2 rings (SSSR count). The molecule has 6 nitrogen and oxygen atoms in total. The molecule has 6 heteroatoms. The Kier molecular flexibility index (Phi) is 3.48. The van der Waals surface area contributed by atoms with Gasteiger partial charge in [0, 0.05) is 17.8 Å². The summed E-state index contributed by atoms with van der Waals surface area (Å²) in [6.07, 6.45) is 0. The van der Waals surface area contributed by atoms with E-state index < -0.39 is 0 Å². The van der Waals surface area contributed by atoms with Crippen molar-refractivity contribution in [3.63, 3.8) is 0 Å². The van der Waals surface area contributed by atoms with E-state index >= 15 is 0 Å². The number of hydrogen-bond donors (Lipinski definition) is 2. The van der Waals surface area contributed by atoms with E-state index in [9.17, 15) is 0 Å². The van der Waals surface area contributed by atoms with Gasteiger partial charge in [0.15, 0.2) is 0 Å². The number of ether oxygens (including phenoxy) is 1. The highest BCUT2D eigenvalue weighted by molar-refractivity contribution is 5.66. The van der Waals surface area contributed by atoms with Crippen molar-refractivity contribution in [2.75, 3.05) is 18.2 Å². The summed E-state index contributed by atoms with van der Waals surface area (Å²) >= 11 is 0. The number of nitriles is 1. The molecule has 0 radical (unpaired) electrons. The Labute approximate surface area is 110 Å². The minimum absolute atomic E-state index is 0.204. The predicted molar refractivity (Wildman–Crippen MR) is 72.2 cm³/mol. The van der Waals surface area contributed by atoms with Crippen molar-refractivity contribution in [3.8, 4) is 11.8 Å². The number of rotatable bonds is 3. The highest BCUT2D eigenvalue weighted by atomic mass is 16.5. The summed E-state index contributed by atoms with van der Waals surface area (Å²) < 4.78 is 5.23. The molecule has 0 unspecified atom stereocenters. The molecule has 0 aliphatic carbocycles. The van der Waals surface area contributed by atoms with E-state index in [1.54, 1.807) is 31.4 Å². The van der Waals surface area contributed by atoms with E-state index in [-0.39, 0.29) is 5.95 Å². The minimum atomic E-state index is 0.204. The lowest BCUT2D eigenvalue weighted by molar-refractivity contribution is 0.416. The van der Waals surface area contributed by atoms with Gasteiger partial charge in [0.2, 0.25) is 5.95 Å². The molecule has 0 fully saturated rings. The van der Waals surface area contributed by atoms with Crippen LogP contribution < -0.4 is 15.8 Å². The van der Waals surface area contributed by atoms with Crippen molar-refractivity contribution in [1.82, 2.24) is 9.97 Å². The summed E-state index contributed by atoms with van der Waals surface area (Å²) in [6.45, 7) is 1.83. The molecule has 0 atom stereocenters. The zero-order valence-electron chi connectivity index (χ0n) is 10.6. The molecule has 0 saturated carbocycles. The lowest BCUT2D eigenvalue weighted by atomic mass is 10.2. The standard InChI is InChI=1S/C13H13N5O/c1-8-5-12(18-13(15)16-8)17-10-4-3-9(7-14)6-11(10)19-2/h3-6H,1-2H3,(H3,15,16,17,18). The Morgan fingerprint density at radius 3 is 2.74 bits per heavy atom. The number of nitrogens with two attached hydrogens (primary N) is 1. The fourth-order valence-corrected chi connectivity index (χ4v) is 1.66. The van der Waals surface area contributed by atoms with Gasteiger partial charge in [-0.1, -0.05) is 0 Å². The smallest absolute Gasteiger partial charge is 0.222 e. The first-order chi connectivity index (χ1) is 9.12. The molecular weight excluding hydrogens is 242 g/mol. The summed E-state index contributed by atoms with van der Waals surface area (Å²) in [5.74, 6) is 1.34. The van der Waals surface area contributed by atoms with E-state index in [4.69, 9.17) is 15.7 Å². The molecule has 1 heterocycles. The van der Waals surface area contributed by atoms with E-state index in [0.717, 1.165) is 5.69 Å². The minimum Gasteiger partial charge on any atom is -0.495 e. The van der Waals surface area contributed by atoms with Crippen LogP contribution in [0.2, 0.25) is 0 Å². The Morgan fingerprint density at radius 1 is 1.32 bits per heavy atom. The highest BCUT2D eigenvalue weighted by Gasteiger charge is 2.06. The number of benzene rings is 1. The lowest BCUT2D eigenvalue weighted by Gasteiger charge is -2.11. The third-order valence-corrected chi connectivity index (χ3v) is 2.46. The van der Waals surface area contributed by atoms with Gasteiger partial charge < -0.3 is 15.8 Å². The van der Waals surface area contributed by atoms with Crippen LogP contribution in [0.5, 0.6) is 5.75 Å². The second-order valence-electron chi connectivity index (χ2n) is 3.90. The zero-order valence-corrected chi connectivity index (χ0v) is 10.6. The Hall–Kier alpha value is -2.81. The molecule has 2 aromatic rings. The van der Waals surface area contributed by atoms with Crippen LogP contribution in [0, 0.1) is 18.3 Å². The van der Waals surface area contributed by atoms with Crippen molar-refractivity contribution < 1.29 is 4.74 Å². The number of nitrogens with one attached hydrogen (secondary N) is 1. The van der Waals surface area contributed by atoms with Crippen LogP contribution in [-0.4, -0.2) is 17.1 Å². The summed E-state index contributed by atoms with van der Waals surface area (Å²) in [5.41, 5.74) is 7.59. The monoisotopic (exact) mass is 255 g/mol. The summed E-state index contributed by atoms with van der Waals surface area (Å²) in [7, 11) is 1.54. The molecule has 1 aromatic carbocycles. The Morgan fingerprint density at radius 2 is 2.11 bits per heavy atom. The Balaban J connectivity index is 2.35. The van der Waals surface area contributed by atoms with Crippen LogP contribution in [0.4, 0.5) is 17.5 Å². The number of anilines is 3. The third kappa shape index (κ3) is 2.90.